The molecule has 0 aliphatic rings. The molecular weight excluding hydrogens is 244 g/mol. The van der Waals surface area contributed by atoms with Crippen LogP contribution < -0.4 is 16.8 Å². The molecule has 5 N–H and O–H groups in total. The van der Waals surface area contributed by atoms with Gasteiger partial charge in [0, 0.05) is 6.04 Å². The van der Waals surface area contributed by atoms with E-state index in [0.717, 1.165) is 32.5 Å². The molecule has 92 valence electrons. The van der Waals surface area contributed by atoms with E-state index in [-0.39, 0.29) is 37.2 Å². The summed E-state index contributed by atoms with van der Waals surface area (Å²) in [5, 5.41) is 3.32. The summed E-state index contributed by atoms with van der Waals surface area (Å²) in [4.78, 5) is 0. The highest BCUT2D eigenvalue weighted by Gasteiger charge is 1.92. The molecule has 0 spiro atoms. The van der Waals surface area contributed by atoms with Crippen molar-refractivity contribution in [3.8, 4) is 0 Å². The van der Waals surface area contributed by atoms with Crippen LogP contribution in [0.15, 0.2) is 0 Å². The molecule has 0 rings (SSSR count). The first kappa shape index (κ1) is 24.1. The Morgan fingerprint density at radius 1 is 1.07 bits per heavy atom. The quantitative estimate of drug-likeness (QED) is 0.610. The SMILES string of the molecule is CC(N)CCNCCCCN.Cl.Cl.Cl. The van der Waals surface area contributed by atoms with E-state index in [1.54, 1.807) is 0 Å². The summed E-state index contributed by atoms with van der Waals surface area (Å²) in [5.74, 6) is 0. The fraction of sp³-hybridized carbons (Fsp3) is 1.00. The van der Waals surface area contributed by atoms with E-state index in [1.165, 1.54) is 6.42 Å². The summed E-state index contributed by atoms with van der Waals surface area (Å²) in [6, 6.07) is 0.317. The summed E-state index contributed by atoms with van der Waals surface area (Å²) < 4.78 is 0. The van der Waals surface area contributed by atoms with Crippen LogP contribution in [-0.2, 0) is 0 Å². The molecule has 0 bridgehead atoms. The molecule has 1 unspecified atom stereocenters. The molecule has 0 heterocycles. The van der Waals surface area contributed by atoms with E-state index < -0.39 is 0 Å². The molecule has 0 amide bonds. The van der Waals surface area contributed by atoms with Gasteiger partial charge in [0.05, 0.1) is 0 Å². The van der Waals surface area contributed by atoms with Crippen LogP contribution in [-0.4, -0.2) is 25.7 Å². The number of hydrogen-bond donors (Lipinski definition) is 3. The molecule has 0 aromatic carbocycles. The van der Waals surface area contributed by atoms with Crippen molar-refractivity contribution in [1.82, 2.24) is 5.32 Å². The third kappa shape index (κ3) is 23.0. The number of hydrogen-bond acceptors (Lipinski definition) is 3. The zero-order chi connectivity index (χ0) is 8.53. The van der Waals surface area contributed by atoms with Crippen molar-refractivity contribution >= 4 is 37.2 Å². The van der Waals surface area contributed by atoms with Crippen LogP contribution in [0.1, 0.15) is 26.2 Å². The van der Waals surface area contributed by atoms with Gasteiger partial charge in [-0.2, -0.15) is 0 Å². The van der Waals surface area contributed by atoms with Gasteiger partial charge in [0.1, 0.15) is 0 Å². The van der Waals surface area contributed by atoms with Crippen molar-refractivity contribution in [1.29, 1.82) is 0 Å². The Morgan fingerprint density at radius 3 is 2.07 bits per heavy atom. The molecule has 6 heteroatoms. The summed E-state index contributed by atoms with van der Waals surface area (Å²) >= 11 is 0. The van der Waals surface area contributed by atoms with Crippen LogP contribution in [0.2, 0.25) is 0 Å². The second kappa shape index (κ2) is 19.3. The Labute approximate surface area is 106 Å². The van der Waals surface area contributed by atoms with Crippen LogP contribution >= 0.6 is 37.2 Å². The molecule has 14 heavy (non-hydrogen) atoms. The second-order valence-electron chi connectivity index (χ2n) is 3.01. The van der Waals surface area contributed by atoms with Crippen LogP contribution in [0, 0.1) is 0 Å². The minimum atomic E-state index is 0. The van der Waals surface area contributed by atoms with Crippen molar-refractivity contribution in [3.63, 3.8) is 0 Å². The largest absolute Gasteiger partial charge is 0.330 e. The standard InChI is InChI=1S/C8H21N3.3ClH/c1-8(10)4-7-11-6-3-2-5-9;;;/h8,11H,2-7,9-10H2,1H3;3*1H. The monoisotopic (exact) mass is 267 g/mol. The predicted molar refractivity (Wildman–Crippen MR) is 71.2 cm³/mol. The Hall–Kier alpha value is 0.750. The van der Waals surface area contributed by atoms with Gasteiger partial charge >= 0.3 is 0 Å². The smallest absolute Gasteiger partial charge is 0.00225 e. The van der Waals surface area contributed by atoms with Crippen molar-refractivity contribution in [2.75, 3.05) is 19.6 Å². The average molecular weight is 269 g/mol. The first-order valence-electron chi connectivity index (χ1n) is 4.43. The molecular formula is C8H24Cl3N3. The molecule has 0 saturated carbocycles. The maximum atomic E-state index is 5.57. The lowest BCUT2D eigenvalue weighted by Crippen LogP contribution is -2.24. The van der Waals surface area contributed by atoms with Crippen LogP contribution in [0.5, 0.6) is 0 Å². The van der Waals surface area contributed by atoms with E-state index in [4.69, 9.17) is 11.5 Å². The van der Waals surface area contributed by atoms with Crippen molar-refractivity contribution in [2.24, 2.45) is 11.5 Å². The summed E-state index contributed by atoms with van der Waals surface area (Å²) in [6.07, 6.45) is 3.35. The van der Waals surface area contributed by atoms with E-state index in [0.29, 0.717) is 6.04 Å². The highest BCUT2D eigenvalue weighted by Crippen LogP contribution is 1.85. The minimum Gasteiger partial charge on any atom is -0.330 e. The Bertz CT molecular complexity index is 84.2. The lowest BCUT2D eigenvalue weighted by atomic mass is 10.2. The third-order valence-corrected chi connectivity index (χ3v) is 1.58. The van der Waals surface area contributed by atoms with E-state index >= 15 is 0 Å². The maximum absolute atomic E-state index is 5.57. The predicted octanol–water partition coefficient (Wildman–Crippen LogP) is 1.32. The van der Waals surface area contributed by atoms with Gasteiger partial charge in [-0.15, -0.1) is 37.2 Å². The van der Waals surface area contributed by atoms with Gasteiger partial charge in [0.25, 0.3) is 0 Å². The molecule has 0 fully saturated rings. The molecule has 0 aliphatic carbocycles. The van der Waals surface area contributed by atoms with Crippen LogP contribution in [0.25, 0.3) is 0 Å². The average Bonchev–Trinajstić information content (AvgIpc) is 1.96. The molecule has 0 aromatic rings. The first-order chi connectivity index (χ1) is 5.27. The molecule has 0 radical (unpaired) electrons. The van der Waals surface area contributed by atoms with Crippen molar-refractivity contribution in [3.05, 3.63) is 0 Å². The fourth-order valence-corrected chi connectivity index (χ4v) is 0.849. The fourth-order valence-electron chi connectivity index (χ4n) is 0.849. The van der Waals surface area contributed by atoms with E-state index in [9.17, 15) is 0 Å². The molecule has 0 saturated heterocycles. The Kier molecular flexibility index (Phi) is 33.3. The first-order valence-corrected chi connectivity index (χ1v) is 4.43. The zero-order valence-electron chi connectivity index (χ0n) is 8.70. The van der Waals surface area contributed by atoms with Gasteiger partial charge in [-0.05, 0) is 45.8 Å². The third-order valence-electron chi connectivity index (χ3n) is 1.58. The Morgan fingerprint density at radius 2 is 1.64 bits per heavy atom. The number of unbranched alkanes of at least 4 members (excludes halogenated alkanes) is 1. The lowest BCUT2D eigenvalue weighted by Gasteiger charge is -2.05. The van der Waals surface area contributed by atoms with Crippen molar-refractivity contribution in [2.45, 2.75) is 32.2 Å². The number of rotatable bonds is 7. The summed E-state index contributed by atoms with van der Waals surface area (Å²) in [5.41, 5.74) is 10.9. The number of halogens is 3. The van der Waals surface area contributed by atoms with Crippen LogP contribution in [0.4, 0.5) is 0 Å². The normalized spacial score (nSPS) is 10.5. The minimum absolute atomic E-state index is 0. The van der Waals surface area contributed by atoms with Gasteiger partial charge < -0.3 is 16.8 Å². The summed E-state index contributed by atoms with van der Waals surface area (Å²) in [7, 11) is 0. The van der Waals surface area contributed by atoms with Gasteiger partial charge in [0.2, 0.25) is 0 Å². The summed E-state index contributed by atoms with van der Waals surface area (Å²) in [6.45, 7) is 4.93. The maximum Gasteiger partial charge on any atom is 0.00225 e. The second-order valence-corrected chi connectivity index (χ2v) is 3.01. The lowest BCUT2D eigenvalue weighted by molar-refractivity contribution is 0.569. The zero-order valence-corrected chi connectivity index (χ0v) is 11.1. The highest BCUT2D eigenvalue weighted by molar-refractivity contribution is 5.86. The van der Waals surface area contributed by atoms with Gasteiger partial charge in [-0.1, -0.05) is 0 Å². The molecule has 1 atom stereocenters. The van der Waals surface area contributed by atoms with E-state index in [2.05, 4.69) is 5.32 Å². The number of nitrogens with two attached hydrogens (primary N) is 2. The van der Waals surface area contributed by atoms with E-state index in [1.807, 2.05) is 6.92 Å². The number of nitrogens with one attached hydrogen (secondary N) is 1. The van der Waals surface area contributed by atoms with Gasteiger partial charge in [-0.25, -0.2) is 0 Å². The molecule has 3 nitrogen and oxygen atoms in total. The van der Waals surface area contributed by atoms with Crippen molar-refractivity contribution < 1.29 is 0 Å². The Balaban J connectivity index is -0.000000167. The van der Waals surface area contributed by atoms with Gasteiger partial charge in [-0.3, -0.25) is 0 Å². The molecule has 0 aliphatic heterocycles. The topological polar surface area (TPSA) is 64.1 Å². The highest BCUT2D eigenvalue weighted by atomic mass is 35.5. The molecule has 0 aromatic heterocycles. The van der Waals surface area contributed by atoms with Crippen LogP contribution in [0.3, 0.4) is 0 Å². The van der Waals surface area contributed by atoms with Gasteiger partial charge in [0.15, 0.2) is 0 Å².